The fraction of sp³-hybridized carbons (Fsp3) is 0.417. The first-order valence-electron chi connectivity index (χ1n) is 10.3. The van der Waals surface area contributed by atoms with Gasteiger partial charge in [0, 0.05) is 13.7 Å². The second-order valence-electron chi connectivity index (χ2n) is 8.47. The Labute approximate surface area is 180 Å². The molecule has 2 aliphatic rings. The largest absolute Gasteiger partial charge is 0.384 e. The van der Waals surface area contributed by atoms with Gasteiger partial charge in [0.15, 0.2) is 5.78 Å². The second kappa shape index (κ2) is 8.12. The van der Waals surface area contributed by atoms with E-state index in [2.05, 4.69) is 5.32 Å². The van der Waals surface area contributed by atoms with Crippen molar-refractivity contribution in [3.63, 3.8) is 0 Å². The Hall–Kier alpha value is -2.24. The van der Waals surface area contributed by atoms with Crippen LogP contribution in [0.5, 0.6) is 0 Å². The summed E-state index contributed by atoms with van der Waals surface area (Å²) in [5.74, 6) is -1.20. The van der Waals surface area contributed by atoms with Crippen molar-refractivity contribution in [3.05, 3.63) is 58.4 Å². The van der Waals surface area contributed by atoms with Crippen LogP contribution in [0.25, 0.3) is 11.1 Å². The Morgan fingerprint density at radius 3 is 2.47 bits per heavy atom. The average molecular weight is 430 g/mol. The number of halogens is 2. The molecule has 1 aliphatic heterocycles. The summed E-state index contributed by atoms with van der Waals surface area (Å²) >= 11 is 5.80. The summed E-state index contributed by atoms with van der Waals surface area (Å²) in [6.07, 6.45) is 3.00. The molecule has 0 radical (unpaired) electrons. The van der Waals surface area contributed by atoms with E-state index in [1.165, 1.54) is 12.1 Å². The maximum absolute atomic E-state index is 13.9. The van der Waals surface area contributed by atoms with Gasteiger partial charge in [-0.3, -0.25) is 9.59 Å². The predicted molar refractivity (Wildman–Crippen MR) is 114 cm³/mol. The minimum Gasteiger partial charge on any atom is -0.384 e. The van der Waals surface area contributed by atoms with Crippen LogP contribution in [0.4, 0.5) is 4.39 Å². The lowest BCUT2D eigenvalue weighted by molar-refractivity contribution is -0.126. The van der Waals surface area contributed by atoms with Gasteiger partial charge in [0.25, 0.3) is 0 Å². The van der Waals surface area contributed by atoms with E-state index in [1.54, 1.807) is 13.2 Å². The van der Waals surface area contributed by atoms with Crippen LogP contribution in [0, 0.1) is 18.7 Å². The van der Waals surface area contributed by atoms with Gasteiger partial charge in [0.1, 0.15) is 11.7 Å². The number of benzene rings is 2. The molecule has 1 saturated carbocycles. The average Bonchev–Trinajstić information content (AvgIpc) is 2.96. The van der Waals surface area contributed by atoms with E-state index in [0.717, 1.165) is 24.0 Å². The van der Waals surface area contributed by atoms with Gasteiger partial charge in [-0.15, -0.1) is 0 Å². The first-order valence-corrected chi connectivity index (χ1v) is 10.6. The van der Waals surface area contributed by atoms with Gasteiger partial charge >= 0.3 is 0 Å². The maximum atomic E-state index is 13.9. The number of ketones is 1. The molecular formula is C24H25ClFNO3. The summed E-state index contributed by atoms with van der Waals surface area (Å²) in [5.41, 5.74) is 2.17. The number of methoxy groups -OCH3 is 1. The molecule has 1 atom stereocenters. The van der Waals surface area contributed by atoms with Crippen LogP contribution in [-0.2, 0) is 14.3 Å². The lowest BCUT2D eigenvalue weighted by Crippen LogP contribution is -2.49. The van der Waals surface area contributed by atoms with Gasteiger partial charge in [0.2, 0.25) is 5.91 Å². The summed E-state index contributed by atoms with van der Waals surface area (Å²) in [4.78, 5) is 26.4. The van der Waals surface area contributed by atoms with Crippen LogP contribution in [0.2, 0.25) is 5.02 Å². The van der Waals surface area contributed by atoms with E-state index in [0.29, 0.717) is 36.5 Å². The van der Waals surface area contributed by atoms with E-state index in [1.807, 2.05) is 25.1 Å². The zero-order chi connectivity index (χ0) is 21.5. The quantitative estimate of drug-likeness (QED) is 0.709. The smallest absolute Gasteiger partial charge is 0.235 e. The number of aryl methyl sites for hydroxylation is 1. The molecule has 2 aromatic rings. The maximum Gasteiger partial charge on any atom is 0.235 e. The number of ether oxygens (including phenoxy) is 1. The van der Waals surface area contributed by atoms with Gasteiger partial charge < -0.3 is 10.1 Å². The van der Waals surface area contributed by atoms with Crippen molar-refractivity contribution in [1.29, 1.82) is 0 Å². The third-order valence-electron chi connectivity index (χ3n) is 6.56. The van der Waals surface area contributed by atoms with E-state index in [-0.39, 0.29) is 16.7 Å². The molecule has 1 heterocycles. The lowest BCUT2D eigenvalue weighted by Gasteiger charge is -2.35. The van der Waals surface area contributed by atoms with Crippen molar-refractivity contribution < 1.29 is 18.7 Å². The van der Waals surface area contributed by atoms with Gasteiger partial charge in [-0.25, -0.2) is 4.39 Å². The first kappa shape index (κ1) is 21.0. The van der Waals surface area contributed by atoms with Crippen molar-refractivity contribution in [3.8, 4) is 11.1 Å². The number of rotatable bonds is 4. The lowest BCUT2D eigenvalue weighted by atomic mass is 9.73. The molecule has 1 aliphatic carbocycles. The summed E-state index contributed by atoms with van der Waals surface area (Å²) < 4.78 is 19.2. The highest BCUT2D eigenvalue weighted by atomic mass is 35.5. The minimum atomic E-state index is -0.832. The molecule has 0 bridgehead atoms. The molecule has 4 nitrogen and oxygen atoms in total. The molecule has 30 heavy (non-hydrogen) atoms. The second-order valence-corrected chi connectivity index (χ2v) is 8.87. The molecule has 2 aromatic carbocycles. The van der Waals surface area contributed by atoms with E-state index in [9.17, 15) is 14.0 Å². The molecule has 1 saturated heterocycles. The molecular weight excluding hydrogens is 405 g/mol. The van der Waals surface area contributed by atoms with E-state index in [4.69, 9.17) is 16.3 Å². The van der Waals surface area contributed by atoms with Gasteiger partial charge in [-0.05, 0) is 79.0 Å². The summed E-state index contributed by atoms with van der Waals surface area (Å²) in [6.45, 7) is 2.57. The van der Waals surface area contributed by atoms with Crippen LogP contribution in [0.3, 0.4) is 0 Å². The normalized spacial score (nSPS) is 26.3. The SMILES string of the molecule is COCC1CCC2(CC1)NC(=O)C(c1cc(-c3ccc(Cl)c(F)c3)ccc1C)C2=O. The predicted octanol–water partition coefficient (Wildman–Crippen LogP) is 4.81. The van der Waals surface area contributed by atoms with Crippen molar-refractivity contribution in [1.82, 2.24) is 5.32 Å². The number of hydrogen-bond acceptors (Lipinski definition) is 3. The number of carbonyl (C=O) groups excluding carboxylic acids is 2. The Morgan fingerprint density at radius 1 is 1.13 bits per heavy atom. The molecule has 1 N–H and O–H groups in total. The van der Waals surface area contributed by atoms with E-state index < -0.39 is 17.3 Å². The Kier molecular flexibility index (Phi) is 5.69. The van der Waals surface area contributed by atoms with Gasteiger partial charge in [-0.2, -0.15) is 0 Å². The third kappa shape index (κ3) is 3.65. The highest BCUT2D eigenvalue weighted by Crippen LogP contribution is 2.42. The van der Waals surface area contributed by atoms with Crippen molar-refractivity contribution in [2.45, 2.75) is 44.1 Å². The number of amides is 1. The Morgan fingerprint density at radius 2 is 1.80 bits per heavy atom. The zero-order valence-corrected chi connectivity index (χ0v) is 17.9. The van der Waals surface area contributed by atoms with Crippen LogP contribution in [0.1, 0.15) is 42.7 Å². The number of hydrogen-bond donors (Lipinski definition) is 1. The molecule has 6 heteroatoms. The zero-order valence-electron chi connectivity index (χ0n) is 17.1. The van der Waals surface area contributed by atoms with Crippen LogP contribution >= 0.6 is 11.6 Å². The standard InChI is InChI=1S/C24H25ClFNO3/c1-14-3-4-16(17-5-6-19(25)20(26)12-17)11-18(14)21-22(28)24(27-23(21)29)9-7-15(8-10-24)13-30-2/h3-6,11-12,15,21H,7-10,13H2,1-2H3,(H,27,29). The molecule has 4 rings (SSSR count). The van der Waals surface area contributed by atoms with Gasteiger partial charge in [-0.1, -0.05) is 29.8 Å². The summed E-state index contributed by atoms with van der Waals surface area (Å²) in [7, 11) is 1.69. The third-order valence-corrected chi connectivity index (χ3v) is 6.87. The molecule has 1 unspecified atom stereocenters. The highest BCUT2D eigenvalue weighted by Gasteiger charge is 2.54. The monoisotopic (exact) mass is 429 g/mol. The molecule has 2 fully saturated rings. The molecule has 1 spiro atoms. The van der Waals surface area contributed by atoms with Crippen molar-refractivity contribution in [2.75, 3.05) is 13.7 Å². The minimum absolute atomic E-state index is 0.0501. The van der Waals surface area contributed by atoms with Crippen LogP contribution in [0.15, 0.2) is 36.4 Å². The van der Waals surface area contributed by atoms with Crippen LogP contribution in [-0.4, -0.2) is 30.9 Å². The van der Waals surface area contributed by atoms with Crippen molar-refractivity contribution in [2.24, 2.45) is 5.92 Å². The topological polar surface area (TPSA) is 55.4 Å². The molecule has 1 amide bonds. The number of carbonyl (C=O) groups is 2. The summed E-state index contributed by atoms with van der Waals surface area (Å²) in [6, 6.07) is 10.2. The number of nitrogens with one attached hydrogen (secondary N) is 1. The van der Waals surface area contributed by atoms with E-state index >= 15 is 0 Å². The Balaban J connectivity index is 1.64. The molecule has 0 aromatic heterocycles. The fourth-order valence-corrected chi connectivity index (χ4v) is 4.92. The Bertz CT molecular complexity index is 998. The highest BCUT2D eigenvalue weighted by molar-refractivity contribution is 6.30. The van der Waals surface area contributed by atoms with Crippen LogP contribution < -0.4 is 5.32 Å². The van der Waals surface area contributed by atoms with Gasteiger partial charge in [0.05, 0.1) is 10.6 Å². The number of Topliss-reactive ketones (excluding diaryl/α,β-unsaturated/α-hetero) is 1. The van der Waals surface area contributed by atoms with Crippen molar-refractivity contribution >= 4 is 23.3 Å². The summed E-state index contributed by atoms with van der Waals surface area (Å²) in [5, 5.41) is 3.08. The first-order chi connectivity index (χ1) is 14.3. The fourth-order valence-electron chi connectivity index (χ4n) is 4.80. The molecule has 158 valence electrons.